The minimum Gasteiger partial charge on any atom is -0.339 e. The van der Waals surface area contributed by atoms with Crippen molar-refractivity contribution < 1.29 is 9.32 Å². The lowest BCUT2D eigenvalue weighted by Crippen LogP contribution is -2.41. The van der Waals surface area contributed by atoms with E-state index in [-0.39, 0.29) is 11.9 Å². The van der Waals surface area contributed by atoms with Crippen LogP contribution in [0, 0.1) is 0 Å². The van der Waals surface area contributed by atoms with Crippen LogP contribution in [-0.2, 0) is 6.42 Å². The number of piperidine rings is 1. The average Bonchev–Trinajstić information content (AvgIpc) is 3.25. The van der Waals surface area contributed by atoms with Crippen LogP contribution in [0.15, 0.2) is 53.1 Å². The highest BCUT2D eigenvalue weighted by molar-refractivity contribution is 6.30. The predicted octanol–water partition coefficient (Wildman–Crippen LogP) is 5.36. The maximum atomic E-state index is 12.7. The summed E-state index contributed by atoms with van der Waals surface area (Å²) in [5.41, 5.74) is 2.87. The van der Waals surface area contributed by atoms with Crippen molar-refractivity contribution >= 4 is 23.3 Å². The zero-order chi connectivity index (χ0) is 20.2. The van der Waals surface area contributed by atoms with E-state index in [1.165, 1.54) is 5.56 Å². The molecule has 1 unspecified atom stereocenters. The smallest absolute Gasteiger partial charge is 0.321 e. The normalized spacial score (nSPS) is 16.6. The van der Waals surface area contributed by atoms with Crippen LogP contribution in [-0.4, -0.2) is 34.2 Å². The van der Waals surface area contributed by atoms with Crippen molar-refractivity contribution in [2.45, 2.75) is 32.1 Å². The fourth-order valence-electron chi connectivity index (χ4n) is 3.55. The molecule has 0 bridgehead atoms. The monoisotopic (exact) mass is 410 g/mol. The van der Waals surface area contributed by atoms with Crippen molar-refractivity contribution in [1.29, 1.82) is 0 Å². The van der Waals surface area contributed by atoms with Crippen LogP contribution in [0.5, 0.6) is 0 Å². The second-order valence-corrected chi connectivity index (χ2v) is 7.67. The van der Waals surface area contributed by atoms with Crippen molar-refractivity contribution in [3.8, 4) is 11.4 Å². The molecule has 1 aliphatic rings. The number of aryl methyl sites for hydroxylation is 1. The van der Waals surface area contributed by atoms with Gasteiger partial charge in [0.25, 0.3) is 0 Å². The highest BCUT2D eigenvalue weighted by atomic mass is 35.5. The molecular weight excluding hydrogens is 388 g/mol. The summed E-state index contributed by atoms with van der Waals surface area (Å²) < 4.78 is 5.51. The number of carbonyl (C=O) groups excluding carboxylic acids is 1. The molecule has 1 atom stereocenters. The number of likely N-dealkylation sites (tertiary alicyclic amines) is 1. The van der Waals surface area contributed by atoms with Crippen LogP contribution >= 0.6 is 11.6 Å². The Labute approximate surface area is 174 Å². The maximum Gasteiger partial charge on any atom is 0.321 e. The van der Waals surface area contributed by atoms with Crippen LogP contribution < -0.4 is 5.32 Å². The van der Waals surface area contributed by atoms with Crippen molar-refractivity contribution in [2.75, 3.05) is 18.4 Å². The number of nitrogens with zero attached hydrogens (tertiary/aromatic N) is 3. The highest BCUT2D eigenvalue weighted by Crippen LogP contribution is 2.28. The van der Waals surface area contributed by atoms with Crippen LogP contribution in [0.2, 0.25) is 5.02 Å². The zero-order valence-corrected chi connectivity index (χ0v) is 17.0. The molecule has 150 valence electrons. The molecule has 29 heavy (non-hydrogen) atoms. The number of nitrogens with one attached hydrogen (secondary N) is 1. The largest absolute Gasteiger partial charge is 0.339 e. The SMILES string of the molecule is CCc1cccc(NC(=O)N2CCCC(c3nc(-c4ccc(Cl)cc4)no3)C2)c1. The van der Waals surface area contributed by atoms with E-state index in [1.54, 1.807) is 12.1 Å². The summed E-state index contributed by atoms with van der Waals surface area (Å²) in [4.78, 5) is 19.1. The molecule has 4 rings (SSSR count). The number of hydrogen-bond acceptors (Lipinski definition) is 4. The van der Waals surface area contributed by atoms with E-state index in [9.17, 15) is 4.79 Å². The summed E-state index contributed by atoms with van der Waals surface area (Å²) in [5.74, 6) is 1.14. The Kier molecular flexibility index (Phi) is 5.81. The molecule has 2 aromatic carbocycles. The Morgan fingerprint density at radius 3 is 2.90 bits per heavy atom. The van der Waals surface area contributed by atoms with Crippen molar-refractivity contribution in [2.24, 2.45) is 0 Å². The summed E-state index contributed by atoms with van der Waals surface area (Å²) in [6, 6.07) is 15.2. The third-order valence-corrected chi connectivity index (χ3v) is 5.44. The number of urea groups is 1. The number of amides is 2. The molecule has 6 nitrogen and oxygen atoms in total. The van der Waals surface area contributed by atoms with Gasteiger partial charge in [0, 0.05) is 29.4 Å². The number of aromatic nitrogens is 2. The summed E-state index contributed by atoms with van der Waals surface area (Å²) in [6.07, 6.45) is 2.74. The highest BCUT2D eigenvalue weighted by Gasteiger charge is 2.28. The first-order chi connectivity index (χ1) is 14.1. The van der Waals surface area contributed by atoms with Crippen LogP contribution in [0.25, 0.3) is 11.4 Å². The van der Waals surface area contributed by atoms with Gasteiger partial charge in [0.05, 0.1) is 5.92 Å². The molecule has 0 saturated carbocycles. The van der Waals surface area contributed by atoms with E-state index in [2.05, 4.69) is 28.4 Å². The lowest BCUT2D eigenvalue weighted by atomic mass is 9.98. The standard InChI is InChI=1S/C22H23ClN4O2/c1-2-15-5-3-7-19(13-15)24-22(28)27-12-4-6-17(14-27)21-25-20(26-29-21)16-8-10-18(23)11-9-16/h3,5,7-11,13,17H,2,4,6,12,14H2,1H3,(H,24,28). The molecule has 2 amide bonds. The minimum absolute atomic E-state index is 0.0324. The van der Waals surface area contributed by atoms with Crippen LogP contribution in [0.1, 0.15) is 37.1 Å². The van der Waals surface area contributed by atoms with E-state index >= 15 is 0 Å². The maximum absolute atomic E-state index is 12.7. The van der Waals surface area contributed by atoms with E-state index in [1.807, 2.05) is 35.2 Å². The zero-order valence-electron chi connectivity index (χ0n) is 16.3. The average molecular weight is 411 g/mol. The second-order valence-electron chi connectivity index (χ2n) is 7.23. The fourth-order valence-corrected chi connectivity index (χ4v) is 3.68. The Balaban J connectivity index is 1.43. The third-order valence-electron chi connectivity index (χ3n) is 5.19. The van der Waals surface area contributed by atoms with E-state index in [0.29, 0.717) is 29.8 Å². The molecule has 0 aliphatic carbocycles. The van der Waals surface area contributed by atoms with E-state index in [0.717, 1.165) is 30.5 Å². The van der Waals surface area contributed by atoms with Gasteiger partial charge in [-0.3, -0.25) is 0 Å². The van der Waals surface area contributed by atoms with Crippen molar-refractivity contribution in [1.82, 2.24) is 15.0 Å². The Morgan fingerprint density at radius 2 is 2.10 bits per heavy atom. The van der Waals surface area contributed by atoms with E-state index in [4.69, 9.17) is 16.1 Å². The summed E-state index contributed by atoms with van der Waals surface area (Å²) in [7, 11) is 0. The van der Waals surface area contributed by atoms with Gasteiger partial charge < -0.3 is 14.7 Å². The van der Waals surface area contributed by atoms with E-state index < -0.39 is 0 Å². The molecule has 0 radical (unpaired) electrons. The molecule has 2 heterocycles. The number of anilines is 1. The quantitative estimate of drug-likeness (QED) is 0.628. The van der Waals surface area contributed by atoms with Crippen LogP contribution in [0.3, 0.4) is 0 Å². The van der Waals surface area contributed by atoms with Crippen molar-refractivity contribution in [3.05, 3.63) is 65.0 Å². The molecule has 3 aromatic rings. The number of carbonyl (C=O) groups is 1. The first kappa shape index (κ1) is 19.5. The summed E-state index contributed by atoms with van der Waals surface area (Å²) >= 11 is 5.94. The van der Waals surface area contributed by atoms with Gasteiger partial charge in [-0.25, -0.2) is 4.79 Å². The van der Waals surface area contributed by atoms with Gasteiger partial charge in [0.1, 0.15) is 0 Å². The van der Waals surface area contributed by atoms with Crippen molar-refractivity contribution in [3.63, 3.8) is 0 Å². The molecule has 1 aromatic heterocycles. The number of halogens is 1. The molecule has 1 saturated heterocycles. The topological polar surface area (TPSA) is 71.3 Å². The second kappa shape index (κ2) is 8.66. The third kappa shape index (κ3) is 4.59. The number of rotatable bonds is 4. The predicted molar refractivity (Wildman–Crippen MR) is 113 cm³/mol. The minimum atomic E-state index is -0.0969. The molecule has 1 fully saturated rings. The first-order valence-electron chi connectivity index (χ1n) is 9.87. The molecule has 1 N–H and O–H groups in total. The fraction of sp³-hybridized carbons (Fsp3) is 0.318. The Hall–Kier alpha value is -2.86. The number of benzene rings is 2. The van der Waals surface area contributed by atoms with Gasteiger partial charge in [-0.1, -0.05) is 35.8 Å². The van der Waals surface area contributed by atoms with Gasteiger partial charge in [0.2, 0.25) is 11.7 Å². The van der Waals surface area contributed by atoms with Gasteiger partial charge >= 0.3 is 6.03 Å². The summed E-state index contributed by atoms with van der Waals surface area (Å²) in [6.45, 7) is 3.37. The van der Waals surface area contributed by atoms with Gasteiger partial charge in [0.15, 0.2) is 0 Å². The lowest BCUT2D eigenvalue weighted by molar-refractivity contribution is 0.184. The molecule has 1 aliphatic heterocycles. The molecule has 7 heteroatoms. The van der Waals surface area contributed by atoms with Gasteiger partial charge in [-0.05, 0) is 61.2 Å². The Bertz CT molecular complexity index is 986. The van der Waals surface area contributed by atoms with Gasteiger partial charge in [-0.15, -0.1) is 0 Å². The van der Waals surface area contributed by atoms with Gasteiger partial charge in [-0.2, -0.15) is 4.98 Å². The number of hydrogen-bond donors (Lipinski definition) is 1. The molecular formula is C22H23ClN4O2. The Morgan fingerprint density at radius 1 is 1.28 bits per heavy atom. The lowest BCUT2D eigenvalue weighted by Gasteiger charge is -2.31. The summed E-state index contributed by atoms with van der Waals surface area (Å²) in [5, 5.41) is 7.77. The first-order valence-corrected chi connectivity index (χ1v) is 10.2. The molecule has 0 spiro atoms. The van der Waals surface area contributed by atoms with Crippen LogP contribution in [0.4, 0.5) is 10.5 Å².